The first kappa shape index (κ1) is 18.9. The Morgan fingerprint density at radius 2 is 2.04 bits per heavy atom. The van der Waals surface area contributed by atoms with E-state index >= 15 is 0 Å². The van der Waals surface area contributed by atoms with Crippen LogP contribution < -0.4 is 10.1 Å². The van der Waals surface area contributed by atoms with Crippen molar-refractivity contribution in [1.82, 2.24) is 15.2 Å². The molecule has 2 N–H and O–H groups in total. The number of ether oxygens (including phenoxy) is 1. The van der Waals surface area contributed by atoms with Gasteiger partial charge in [-0.15, -0.1) is 5.10 Å². The van der Waals surface area contributed by atoms with Crippen molar-refractivity contribution in [3.63, 3.8) is 0 Å². The number of aryl methyl sites for hydroxylation is 1. The van der Waals surface area contributed by atoms with E-state index in [0.717, 1.165) is 11.3 Å². The van der Waals surface area contributed by atoms with Gasteiger partial charge >= 0.3 is 0 Å². The molecule has 0 unspecified atom stereocenters. The van der Waals surface area contributed by atoms with Crippen LogP contribution in [0.4, 0.5) is 10.1 Å². The van der Waals surface area contributed by atoms with Crippen molar-refractivity contribution in [2.45, 2.75) is 19.0 Å². The number of thioether (sulfide) groups is 1. The van der Waals surface area contributed by atoms with Gasteiger partial charge in [-0.25, -0.2) is 9.37 Å². The number of aromatic nitrogens is 3. The molecular formula is C19H19FN4O2S. The average Bonchev–Trinajstić information content (AvgIpc) is 3.14. The van der Waals surface area contributed by atoms with Gasteiger partial charge in [0.05, 0.1) is 18.0 Å². The lowest BCUT2D eigenvalue weighted by Crippen LogP contribution is -2.15. The summed E-state index contributed by atoms with van der Waals surface area (Å²) < 4.78 is 19.3. The maximum Gasteiger partial charge on any atom is 0.234 e. The van der Waals surface area contributed by atoms with Gasteiger partial charge in [-0.3, -0.25) is 9.89 Å². The molecule has 1 heterocycles. The Morgan fingerprint density at radius 3 is 2.78 bits per heavy atom. The molecule has 0 radical (unpaired) electrons. The van der Waals surface area contributed by atoms with Crippen LogP contribution in [0.3, 0.4) is 0 Å². The van der Waals surface area contributed by atoms with E-state index in [1.807, 2.05) is 31.2 Å². The molecule has 3 aromatic rings. The Kier molecular flexibility index (Phi) is 6.08. The summed E-state index contributed by atoms with van der Waals surface area (Å²) in [6.45, 7) is 4.18. The Morgan fingerprint density at radius 1 is 1.26 bits per heavy atom. The first-order valence-corrected chi connectivity index (χ1v) is 9.38. The van der Waals surface area contributed by atoms with Crippen LogP contribution in [0.1, 0.15) is 12.5 Å². The zero-order valence-electron chi connectivity index (χ0n) is 15.0. The number of hydrogen-bond acceptors (Lipinski definition) is 5. The average molecular weight is 386 g/mol. The van der Waals surface area contributed by atoms with Crippen LogP contribution in [-0.2, 0) is 4.79 Å². The highest BCUT2D eigenvalue weighted by molar-refractivity contribution is 7.99. The number of carbonyl (C=O) groups is 1. The first-order chi connectivity index (χ1) is 13.1. The van der Waals surface area contributed by atoms with Crippen LogP contribution in [0.5, 0.6) is 5.75 Å². The lowest BCUT2D eigenvalue weighted by Gasteiger charge is -2.06. The Labute approximate surface area is 160 Å². The molecule has 0 aliphatic heterocycles. The predicted octanol–water partition coefficient (Wildman–Crippen LogP) is 4.05. The summed E-state index contributed by atoms with van der Waals surface area (Å²) in [4.78, 5) is 16.4. The fourth-order valence-electron chi connectivity index (χ4n) is 2.38. The van der Waals surface area contributed by atoms with Gasteiger partial charge in [-0.05, 0) is 49.7 Å². The molecule has 0 bridgehead atoms. The largest absolute Gasteiger partial charge is 0.494 e. The molecule has 0 saturated heterocycles. The number of rotatable bonds is 7. The highest BCUT2D eigenvalue weighted by Crippen LogP contribution is 2.22. The number of halogens is 1. The zero-order chi connectivity index (χ0) is 19.2. The minimum Gasteiger partial charge on any atom is -0.494 e. The number of carbonyl (C=O) groups excluding carboxylic acids is 1. The molecule has 1 amide bonds. The molecule has 140 valence electrons. The third-order valence-corrected chi connectivity index (χ3v) is 4.55. The van der Waals surface area contributed by atoms with Crippen LogP contribution in [0.2, 0.25) is 0 Å². The number of aromatic amines is 1. The van der Waals surface area contributed by atoms with Gasteiger partial charge in [-0.2, -0.15) is 0 Å². The summed E-state index contributed by atoms with van der Waals surface area (Å²) in [5, 5.41) is 9.96. The summed E-state index contributed by atoms with van der Waals surface area (Å²) >= 11 is 1.17. The summed E-state index contributed by atoms with van der Waals surface area (Å²) in [5.74, 6) is 0.720. The number of hydrogen-bond donors (Lipinski definition) is 2. The number of amides is 1. The van der Waals surface area contributed by atoms with Crippen molar-refractivity contribution < 1.29 is 13.9 Å². The molecule has 6 nitrogen and oxygen atoms in total. The topological polar surface area (TPSA) is 79.9 Å². The fourth-order valence-corrected chi connectivity index (χ4v) is 2.97. The molecular weight excluding hydrogens is 367 g/mol. The van der Waals surface area contributed by atoms with Gasteiger partial charge < -0.3 is 10.1 Å². The number of nitrogens with one attached hydrogen (secondary N) is 2. The maximum atomic E-state index is 13.9. The molecule has 0 saturated carbocycles. The SMILES string of the molecule is CCOc1ccc(-c2nc(SCC(=O)Nc3cccc(C)c3F)n[nH]2)cc1. The van der Waals surface area contributed by atoms with Gasteiger partial charge in [0.2, 0.25) is 11.1 Å². The van der Waals surface area contributed by atoms with E-state index in [-0.39, 0.29) is 17.3 Å². The Hall–Kier alpha value is -2.87. The summed E-state index contributed by atoms with van der Waals surface area (Å²) in [6, 6.07) is 12.4. The van der Waals surface area contributed by atoms with E-state index < -0.39 is 5.82 Å². The van der Waals surface area contributed by atoms with Gasteiger partial charge in [0.1, 0.15) is 11.6 Å². The van der Waals surface area contributed by atoms with Crippen LogP contribution in [0, 0.1) is 12.7 Å². The number of benzene rings is 2. The van der Waals surface area contributed by atoms with E-state index in [9.17, 15) is 9.18 Å². The second-order valence-electron chi connectivity index (χ2n) is 5.70. The molecule has 0 aliphatic carbocycles. The molecule has 27 heavy (non-hydrogen) atoms. The lowest BCUT2D eigenvalue weighted by atomic mass is 10.2. The van der Waals surface area contributed by atoms with E-state index in [2.05, 4.69) is 20.5 Å². The Bertz CT molecular complexity index is 928. The summed E-state index contributed by atoms with van der Waals surface area (Å²) in [5.41, 5.74) is 1.52. The molecule has 8 heteroatoms. The monoisotopic (exact) mass is 386 g/mol. The van der Waals surface area contributed by atoms with Crippen molar-refractivity contribution in [1.29, 1.82) is 0 Å². The standard InChI is InChI=1S/C19H19FN4O2S/c1-3-26-14-9-7-13(8-10-14)18-22-19(24-23-18)27-11-16(25)21-15-6-4-5-12(2)17(15)20/h4-10H,3,11H2,1-2H3,(H,21,25)(H,22,23,24). The highest BCUT2D eigenvalue weighted by Gasteiger charge is 2.12. The highest BCUT2D eigenvalue weighted by atomic mass is 32.2. The lowest BCUT2D eigenvalue weighted by molar-refractivity contribution is -0.113. The van der Waals surface area contributed by atoms with Gasteiger partial charge in [0.15, 0.2) is 5.82 Å². The normalized spacial score (nSPS) is 10.6. The quantitative estimate of drug-likeness (QED) is 0.599. The van der Waals surface area contributed by atoms with Crippen LogP contribution >= 0.6 is 11.8 Å². The van der Waals surface area contributed by atoms with E-state index in [4.69, 9.17) is 4.74 Å². The second-order valence-corrected chi connectivity index (χ2v) is 6.64. The van der Waals surface area contributed by atoms with Crippen molar-refractivity contribution in [3.05, 3.63) is 53.8 Å². The molecule has 0 spiro atoms. The van der Waals surface area contributed by atoms with Crippen LogP contribution in [0.25, 0.3) is 11.4 Å². The minimum atomic E-state index is -0.425. The smallest absolute Gasteiger partial charge is 0.234 e. The molecule has 3 rings (SSSR count). The van der Waals surface area contributed by atoms with Crippen molar-refractivity contribution >= 4 is 23.4 Å². The predicted molar refractivity (Wildman–Crippen MR) is 103 cm³/mol. The van der Waals surface area contributed by atoms with Gasteiger partial charge in [0.25, 0.3) is 0 Å². The van der Waals surface area contributed by atoms with E-state index in [0.29, 0.717) is 23.2 Å². The third kappa shape index (κ3) is 4.85. The fraction of sp³-hybridized carbons (Fsp3) is 0.211. The van der Waals surface area contributed by atoms with Crippen molar-refractivity contribution in [2.24, 2.45) is 0 Å². The Balaban J connectivity index is 1.57. The molecule has 0 fully saturated rings. The van der Waals surface area contributed by atoms with E-state index in [1.165, 1.54) is 17.8 Å². The first-order valence-electron chi connectivity index (χ1n) is 8.40. The summed E-state index contributed by atoms with van der Waals surface area (Å²) in [6.07, 6.45) is 0. The zero-order valence-corrected chi connectivity index (χ0v) is 15.8. The van der Waals surface area contributed by atoms with Crippen LogP contribution in [-0.4, -0.2) is 33.4 Å². The van der Waals surface area contributed by atoms with Crippen molar-refractivity contribution in [2.75, 3.05) is 17.7 Å². The summed E-state index contributed by atoms with van der Waals surface area (Å²) in [7, 11) is 0. The molecule has 0 atom stereocenters. The van der Waals surface area contributed by atoms with Gasteiger partial charge in [0, 0.05) is 5.56 Å². The minimum absolute atomic E-state index is 0.0773. The number of H-pyrrole nitrogens is 1. The third-order valence-electron chi connectivity index (χ3n) is 3.70. The molecule has 2 aromatic carbocycles. The van der Waals surface area contributed by atoms with E-state index in [1.54, 1.807) is 19.1 Å². The van der Waals surface area contributed by atoms with Crippen molar-refractivity contribution in [3.8, 4) is 17.1 Å². The molecule has 1 aromatic heterocycles. The van der Waals surface area contributed by atoms with Gasteiger partial charge in [-0.1, -0.05) is 23.9 Å². The molecule has 0 aliphatic rings. The number of anilines is 1. The second kappa shape index (κ2) is 8.68. The van der Waals surface area contributed by atoms with Crippen LogP contribution in [0.15, 0.2) is 47.6 Å². The number of nitrogens with zero attached hydrogens (tertiary/aromatic N) is 2. The maximum absolute atomic E-state index is 13.9.